The Labute approximate surface area is 108 Å². The Bertz CT molecular complexity index is 465. The number of nitrogens with two attached hydrogens (primary N) is 1. The summed E-state index contributed by atoms with van der Waals surface area (Å²) in [6.45, 7) is 1.58. The molecule has 2 aromatic rings. The topological polar surface area (TPSA) is 42.2 Å². The third-order valence-corrected chi connectivity index (χ3v) is 3.07. The number of benzene rings is 1. The molecule has 3 nitrogen and oxygen atoms in total. The molecule has 0 aliphatic rings. The van der Waals surface area contributed by atoms with E-state index in [9.17, 15) is 0 Å². The van der Waals surface area contributed by atoms with Crippen molar-refractivity contribution in [2.24, 2.45) is 5.73 Å². The zero-order valence-electron chi connectivity index (χ0n) is 10.7. The van der Waals surface area contributed by atoms with E-state index in [-0.39, 0.29) is 0 Å². The monoisotopic (exact) mass is 241 g/mol. The standard InChI is InChI=1S/C15H19N3/c1-18(10-8-14-3-2-9-17-12-14)15-6-4-13(11-16)5-7-15/h2-7,9,12H,8,10-11,16H2,1H3. The Morgan fingerprint density at radius 3 is 2.50 bits per heavy atom. The van der Waals surface area contributed by atoms with E-state index in [0.29, 0.717) is 6.54 Å². The predicted molar refractivity (Wildman–Crippen MR) is 75.5 cm³/mol. The fourth-order valence-electron chi connectivity index (χ4n) is 1.86. The van der Waals surface area contributed by atoms with Crippen LogP contribution in [0.15, 0.2) is 48.8 Å². The first-order valence-corrected chi connectivity index (χ1v) is 6.18. The van der Waals surface area contributed by atoms with Gasteiger partial charge >= 0.3 is 0 Å². The largest absolute Gasteiger partial charge is 0.374 e. The van der Waals surface area contributed by atoms with Crippen LogP contribution in [0.2, 0.25) is 0 Å². The molecule has 0 spiro atoms. The lowest BCUT2D eigenvalue weighted by Gasteiger charge is -2.19. The first kappa shape index (κ1) is 12.6. The van der Waals surface area contributed by atoms with Gasteiger partial charge in [-0.25, -0.2) is 0 Å². The number of nitrogens with zero attached hydrogens (tertiary/aromatic N) is 2. The second kappa shape index (κ2) is 6.17. The SMILES string of the molecule is CN(CCc1cccnc1)c1ccc(CN)cc1. The van der Waals surface area contributed by atoms with Crippen LogP contribution in [0, 0.1) is 0 Å². The highest BCUT2D eigenvalue weighted by atomic mass is 15.1. The maximum atomic E-state index is 5.59. The van der Waals surface area contributed by atoms with Gasteiger partial charge in [-0.15, -0.1) is 0 Å². The summed E-state index contributed by atoms with van der Waals surface area (Å²) in [4.78, 5) is 6.37. The normalized spacial score (nSPS) is 10.3. The molecule has 2 rings (SSSR count). The zero-order valence-corrected chi connectivity index (χ0v) is 10.7. The molecule has 1 heterocycles. The number of hydrogen-bond acceptors (Lipinski definition) is 3. The van der Waals surface area contributed by atoms with Gasteiger partial charge in [0.2, 0.25) is 0 Å². The van der Waals surface area contributed by atoms with Crippen LogP contribution in [0.4, 0.5) is 5.69 Å². The highest BCUT2D eigenvalue weighted by Crippen LogP contribution is 2.14. The summed E-state index contributed by atoms with van der Waals surface area (Å²) in [6.07, 6.45) is 4.73. The maximum Gasteiger partial charge on any atom is 0.0363 e. The van der Waals surface area contributed by atoms with Crippen LogP contribution in [0.3, 0.4) is 0 Å². The number of hydrogen-bond donors (Lipinski definition) is 1. The molecule has 0 atom stereocenters. The lowest BCUT2D eigenvalue weighted by molar-refractivity contribution is 0.871. The molecule has 0 fully saturated rings. The molecule has 0 amide bonds. The van der Waals surface area contributed by atoms with E-state index in [2.05, 4.69) is 47.3 Å². The van der Waals surface area contributed by atoms with Gasteiger partial charge in [-0.1, -0.05) is 18.2 Å². The third-order valence-electron chi connectivity index (χ3n) is 3.07. The van der Waals surface area contributed by atoms with Crippen LogP contribution in [0.25, 0.3) is 0 Å². The molecule has 1 aromatic heterocycles. The fourth-order valence-corrected chi connectivity index (χ4v) is 1.86. The van der Waals surface area contributed by atoms with E-state index in [1.807, 2.05) is 12.3 Å². The summed E-state index contributed by atoms with van der Waals surface area (Å²) < 4.78 is 0. The maximum absolute atomic E-state index is 5.59. The first-order valence-electron chi connectivity index (χ1n) is 6.18. The predicted octanol–water partition coefficient (Wildman–Crippen LogP) is 2.22. The smallest absolute Gasteiger partial charge is 0.0363 e. The van der Waals surface area contributed by atoms with Gasteiger partial charge in [-0.05, 0) is 35.7 Å². The number of anilines is 1. The number of aromatic nitrogens is 1. The quantitative estimate of drug-likeness (QED) is 0.872. The Kier molecular flexibility index (Phi) is 4.31. The minimum atomic E-state index is 0.597. The van der Waals surface area contributed by atoms with Crippen molar-refractivity contribution < 1.29 is 0 Å². The summed E-state index contributed by atoms with van der Waals surface area (Å²) in [5, 5.41) is 0. The summed E-state index contributed by atoms with van der Waals surface area (Å²) in [7, 11) is 2.10. The van der Waals surface area contributed by atoms with Crippen molar-refractivity contribution in [3.05, 3.63) is 59.9 Å². The van der Waals surface area contributed by atoms with Crippen LogP contribution in [-0.2, 0) is 13.0 Å². The summed E-state index contributed by atoms with van der Waals surface area (Å²) in [6, 6.07) is 12.5. The van der Waals surface area contributed by atoms with Crippen LogP contribution in [0.5, 0.6) is 0 Å². The first-order chi connectivity index (χ1) is 8.79. The van der Waals surface area contributed by atoms with Crippen LogP contribution in [0.1, 0.15) is 11.1 Å². The second-order valence-corrected chi connectivity index (χ2v) is 4.40. The molecule has 1 aromatic carbocycles. The minimum absolute atomic E-state index is 0.597. The minimum Gasteiger partial charge on any atom is -0.374 e. The van der Waals surface area contributed by atoms with Gasteiger partial charge in [0.15, 0.2) is 0 Å². The van der Waals surface area contributed by atoms with Gasteiger partial charge in [0.1, 0.15) is 0 Å². The van der Waals surface area contributed by atoms with Crippen molar-refractivity contribution in [1.29, 1.82) is 0 Å². The highest BCUT2D eigenvalue weighted by molar-refractivity contribution is 5.46. The van der Waals surface area contributed by atoms with E-state index < -0.39 is 0 Å². The van der Waals surface area contributed by atoms with Gasteiger partial charge < -0.3 is 10.6 Å². The van der Waals surface area contributed by atoms with Crippen LogP contribution >= 0.6 is 0 Å². The van der Waals surface area contributed by atoms with Gasteiger partial charge in [0.25, 0.3) is 0 Å². The molecular formula is C15H19N3. The van der Waals surface area contributed by atoms with E-state index in [4.69, 9.17) is 5.73 Å². The molecule has 0 bridgehead atoms. The van der Waals surface area contributed by atoms with Crippen LogP contribution in [-0.4, -0.2) is 18.6 Å². The van der Waals surface area contributed by atoms with E-state index >= 15 is 0 Å². The van der Waals surface area contributed by atoms with Gasteiger partial charge in [-0.3, -0.25) is 4.98 Å². The Morgan fingerprint density at radius 2 is 1.89 bits per heavy atom. The lowest BCUT2D eigenvalue weighted by Crippen LogP contribution is -2.20. The van der Waals surface area contributed by atoms with Crippen molar-refractivity contribution in [2.75, 3.05) is 18.5 Å². The van der Waals surface area contributed by atoms with Gasteiger partial charge in [-0.2, -0.15) is 0 Å². The van der Waals surface area contributed by atoms with Gasteiger partial charge in [0.05, 0.1) is 0 Å². The van der Waals surface area contributed by atoms with Crippen molar-refractivity contribution in [3.8, 4) is 0 Å². The summed E-state index contributed by atoms with van der Waals surface area (Å²) in [5.74, 6) is 0. The molecule has 94 valence electrons. The highest BCUT2D eigenvalue weighted by Gasteiger charge is 2.01. The van der Waals surface area contributed by atoms with Crippen molar-refractivity contribution in [3.63, 3.8) is 0 Å². The third kappa shape index (κ3) is 3.31. The number of rotatable bonds is 5. The molecule has 0 unspecified atom stereocenters. The van der Waals surface area contributed by atoms with Crippen LogP contribution < -0.4 is 10.6 Å². The van der Waals surface area contributed by atoms with Crippen molar-refractivity contribution >= 4 is 5.69 Å². The summed E-state index contributed by atoms with van der Waals surface area (Å²) >= 11 is 0. The Hall–Kier alpha value is -1.87. The van der Waals surface area contributed by atoms with Crippen molar-refractivity contribution in [2.45, 2.75) is 13.0 Å². The Morgan fingerprint density at radius 1 is 1.11 bits per heavy atom. The van der Waals surface area contributed by atoms with Gasteiger partial charge in [0, 0.05) is 38.2 Å². The van der Waals surface area contributed by atoms with E-state index in [1.54, 1.807) is 6.20 Å². The molecular weight excluding hydrogens is 222 g/mol. The lowest BCUT2D eigenvalue weighted by atomic mass is 10.1. The fraction of sp³-hybridized carbons (Fsp3) is 0.267. The van der Waals surface area contributed by atoms with Crippen molar-refractivity contribution in [1.82, 2.24) is 4.98 Å². The molecule has 3 heteroatoms. The zero-order chi connectivity index (χ0) is 12.8. The molecule has 0 radical (unpaired) electrons. The molecule has 0 saturated carbocycles. The molecule has 2 N–H and O–H groups in total. The Balaban J connectivity index is 1.93. The van der Waals surface area contributed by atoms with E-state index in [0.717, 1.165) is 13.0 Å². The second-order valence-electron chi connectivity index (χ2n) is 4.40. The molecule has 0 aliphatic heterocycles. The number of pyridine rings is 1. The number of likely N-dealkylation sites (N-methyl/N-ethyl adjacent to an activating group) is 1. The average Bonchev–Trinajstić information content (AvgIpc) is 2.46. The summed E-state index contributed by atoms with van der Waals surface area (Å²) in [5.41, 5.74) is 9.24. The molecule has 0 aliphatic carbocycles. The van der Waals surface area contributed by atoms with E-state index in [1.165, 1.54) is 16.8 Å². The average molecular weight is 241 g/mol. The molecule has 18 heavy (non-hydrogen) atoms. The molecule has 0 saturated heterocycles.